The van der Waals surface area contributed by atoms with Crippen molar-refractivity contribution in [1.82, 2.24) is 24.8 Å². The van der Waals surface area contributed by atoms with Gasteiger partial charge in [0.25, 0.3) is 0 Å². The molecular formula is C26H27Cl2F3N8S. The Balaban J connectivity index is 1.37. The summed E-state index contributed by atoms with van der Waals surface area (Å²) in [4.78, 5) is 19.2. The van der Waals surface area contributed by atoms with Crippen molar-refractivity contribution in [1.29, 1.82) is 0 Å². The van der Waals surface area contributed by atoms with Crippen molar-refractivity contribution in [3.63, 3.8) is 0 Å². The van der Waals surface area contributed by atoms with Gasteiger partial charge in [-0.1, -0.05) is 40.6 Å². The molecule has 212 valence electrons. The normalized spacial score (nSPS) is 14.9. The lowest BCUT2D eigenvalue weighted by Gasteiger charge is -2.32. The molecule has 1 aliphatic heterocycles. The van der Waals surface area contributed by atoms with Gasteiger partial charge in [-0.2, -0.15) is 23.1 Å². The lowest BCUT2D eigenvalue weighted by Crippen LogP contribution is -2.44. The molecule has 0 saturated carbocycles. The molecule has 0 amide bonds. The van der Waals surface area contributed by atoms with Gasteiger partial charge in [0, 0.05) is 38.4 Å². The number of nitrogens with zero attached hydrogens (tertiary/aromatic N) is 5. The Labute approximate surface area is 243 Å². The van der Waals surface area contributed by atoms with Crippen LogP contribution in [0.2, 0.25) is 10.0 Å². The van der Waals surface area contributed by atoms with Crippen molar-refractivity contribution in [2.45, 2.75) is 12.6 Å². The quantitative estimate of drug-likeness (QED) is 0.176. The van der Waals surface area contributed by atoms with Crippen LogP contribution >= 0.6 is 34.5 Å². The molecule has 1 fully saturated rings. The molecule has 14 heteroatoms. The van der Waals surface area contributed by atoms with Crippen molar-refractivity contribution in [3.05, 3.63) is 58.1 Å². The third kappa shape index (κ3) is 7.05. The summed E-state index contributed by atoms with van der Waals surface area (Å²) in [5.41, 5.74) is 0.673. The van der Waals surface area contributed by atoms with Gasteiger partial charge in [0.05, 0.1) is 21.3 Å². The first kappa shape index (κ1) is 28.6. The van der Waals surface area contributed by atoms with E-state index in [1.807, 2.05) is 0 Å². The van der Waals surface area contributed by atoms with E-state index in [1.165, 1.54) is 23.5 Å². The van der Waals surface area contributed by atoms with Crippen LogP contribution in [-0.4, -0.2) is 71.1 Å². The second-order valence-electron chi connectivity index (χ2n) is 9.42. The monoisotopic (exact) mass is 610 g/mol. The third-order valence-corrected chi connectivity index (χ3v) is 7.95. The summed E-state index contributed by atoms with van der Waals surface area (Å²) in [5, 5.41) is 10.9. The molecule has 5 rings (SSSR count). The van der Waals surface area contributed by atoms with Crippen molar-refractivity contribution >= 4 is 73.2 Å². The van der Waals surface area contributed by atoms with Gasteiger partial charge >= 0.3 is 6.18 Å². The van der Waals surface area contributed by atoms with E-state index in [2.05, 4.69) is 47.7 Å². The smallest absolute Gasteiger partial charge is 0.354 e. The van der Waals surface area contributed by atoms with Crippen molar-refractivity contribution in [3.8, 4) is 0 Å². The fraction of sp³-hybridized carbons (Fsp3) is 0.346. The van der Waals surface area contributed by atoms with Gasteiger partial charge in [-0.25, -0.2) is 4.98 Å². The van der Waals surface area contributed by atoms with E-state index in [-0.39, 0.29) is 0 Å². The van der Waals surface area contributed by atoms with Crippen LogP contribution in [0.5, 0.6) is 0 Å². The van der Waals surface area contributed by atoms with E-state index in [0.29, 0.717) is 55.2 Å². The van der Waals surface area contributed by atoms with E-state index >= 15 is 0 Å². The molecule has 8 nitrogen and oxygen atoms in total. The Morgan fingerprint density at radius 2 is 1.62 bits per heavy atom. The predicted molar refractivity (Wildman–Crippen MR) is 157 cm³/mol. The minimum absolute atomic E-state index is 0.362. The maximum Gasteiger partial charge on any atom is 0.416 e. The van der Waals surface area contributed by atoms with E-state index in [1.54, 1.807) is 18.2 Å². The number of alkyl halides is 3. The highest BCUT2D eigenvalue weighted by Gasteiger charge is 2.30. The molecule has 3 heterocycles. The third-order valence-electron chi connectivity index (χ3n) is 6.46. The first-order valence-electron chi connectivity index (χ1n) is 12.6. The first-order valence-corrected chi connectivity index (χ1v) is 14.2. The molecule has 1 aliphatic rings. The van der Waals surface area contributed by atoms with Crippen molar-refractivity contribution in [2.24, 2.45) is 0 Å². The van der Waals surface area contributed by atoms with Gasteiger partial charge in [-0.3, -0.25) is 0 Å². The number of benzene rings is 2. The predicted octanol–water partition coefficient (Wildman–Crippen LogP) is 6.95. The number of likely N-dealkylation sites (N-methyl/N-ethyl adjacent to an activating group) is 1. The summed E-state index contributed by atoms with van der Waals surface area (Å²) in [6.45, 7) is 5.85. The maximum absolute atomic E-state index is 13.0. The zero-order valence-corrected chi connectivity index (χ0v) is 23.9. The molecular weight excluding hydrogens is 584 g/mol. The number of para-hydroxylation sites is 1. The Morgan fingerprint density at radius 1 is 0.925 bits per heavy atom. The number of nitrogens with one attached hydrogen (secondary N) is 3. The first-order chi connectivity index (χ1) is 19.2. The summed E-state index contributed by atoms with van der Waals surface area (Å²) < 4.78 is 39.1. The second kappa shape index (κ2) is 12.3. The molecule has 2 aromatic carbocycles. The summed E-state index contributed by atoms with van der Waals surface area (Å²) in [7, 11) is 2.13. The number of anilines is 5. The van der Waals surface area contributed by atoms with Crippen LogP contribution in [0.4, 0.5) is 41.4 Å². The molecule has 1 saturated heterocycles. The summed E-state index contributed by atoms with van der Waals surface area (Å²) in [6.07, 6.45) is -3.51. The van der Waals surface area contributed by atoms with Crippen LogP contribution in [0.15, 0.2) is 42.5 Å². The number of hydrogen-bond donors (Lipinski definition) is 3. The minimum Gasteiger partial charge on any atom is -0.354 e. The Hall–Kier alpha value is -2.90. The molecule has 0 atom stereocenters. The summed E-state index contributed by atoms with van der Waals surface area (Å²) in [6, 6.07) is 9.92. The number of thiazole rings is 1. The molecule has 0 spiro atoms. The average molecular weight is 612 g/mol. The molecule has 40 heavy (non-hydrogen) atoms. The zero-order chi connectivity index (χ0) is 28.3. The lowest BCUT2D eigenvalue weighted by atomic mass is 10.2. The van der Waals surface area contributed by atoms with Crippen molar-refractivity contribution < 1.29 is 13.2 Å². The van der Waals surface area contributed by atoms with Crippen molar-refractivity contribution in [2.75, 3.05) is 62.3 Å². The van der Waals surface area contributed by atoms with Gasteiger partial charge in [0.1, 0.15) is 5.52 Å². The van der Waals surface area contributed by atoms with Crippen LogP contribution < -0.4 is 16.0 Å². The van der Waals surface area contributed by atoms with Gasteiger partial charge in [0.15, 0.2) is 15.8 Å². The number of aromatic nitrogens is 3. The Kier molecular flexibility index (Phi) is 8.81. The lowest BCUT2D eigenvalue weighted by molar-refractivity contribution is -0.137. The summed E-state index contributed by atoms with van der Waals surface area (Å²) >= 11 is 13.9. The van der Waals surface area contributed by atoms with E-state index in [0.717, 1.165) is 51.3 Å². The van der Waals surface area contributed by atoms with Crippen LogP contribution in [0.1, 0.15) is 12.0 Å². The fourth-order valence-corrected chi connectivity index (χ4v) is 5.56. The number of halogens is 5. The van der Waals surface area contributed by atoms with Crippen LogP contribution in [0.25, 0.3) is 10.3 Å². The standard InChI is InChI=1S/C26H27Cl2F3N8S/c1-38-12-14-39(15-13-38)11-3-10-32-24-36-22(33-17-8-6-16(7-9-17)26(29,30)31)21-23(37-24)40-25(35-21)34-20-18(27)4-2-5-19(20)28/h2,4-9H,3,10-15H2,1H3,(H,34,35)(H2,32,33,36,37). The van der Waals surface area contributed by atoms with Gasteiger partial charge in [0.2, 0.25) is 5.95 Å². The van der Waals surface area contributed by atoms with E-state index < -0.39 is 11.7 Å². The van der Waals surface area contributed by atoms with Crippen LogP contribution in [-0.2, 0) is 6.18 Å². The summed E-state index contributed by atoms with van der Waals surface area (Å²) in [5.74, 6) is 0.757. The molecule has 4 aromatic rings. The molecule has 0 radical (unpaired) electrons. The molecule has 0 aliphatic carbocycles. The minimum atomic E-state index is -4.42. The highest BCUT2D eigenvalue weighted by atomic mass is 35.5. The van der Waals surface area contributed by atoms with E-state index in [4.69, 9.17) is 23.2 Å². The SMILES string of the molecule is CN1CCN(CCCNc2nc(Nc3ccc(C(F)(F)F)cc3)c3nc(Nc4c(Cl)cccc4Cl)sc3n2)CC1. The second-order valence-corrected chi connectivity index (χ2v) is 11.2. The Bertz CT molecular complexity index is 1440. The maximum atomic E-state index is 13.0. The van der Waals surface area contributed by atoms with Crippen LogP contribution in [0.3, 0.4) is 0 Å². The fourth-order valence-electron chi connectivity index (χ4n) is 4.22. The van der Waals surface area contributed by atoms with Gasteiger partial charge < -0.3 is 25.8 Å². The topological polar surface area (TPSA) is 81.2 Å². The highest BCUT2D eigenvalue weighted by Crippen LogP contribution is 2.37. The Morgan fingerprint density at radius 3 is 2.30 bits per heavy atom. The number of piperazine rings is 1. The highest BCUT2D eigenvalue weighted by molar-refractivity contribution is 7.22. The number of rotatable bonds is 9. The largest absolute Gasteiger partial charge is 0.416 e. The number of fused-ring (bicyclic) bond motifs is 1. The molecule has 0 bridgehead atoms. The van der Waals surface area contributed by atoms with Gasteiger partial charge in [-0.05, 0) is 56.4 Å². The number of hydrogen-bond acceptors (Lipinski definition) is 9. The zero-order valence-electron chi connectivity index (χ0n) is 21.5. The van der Waals surface area contributed by atoms with Crippen LogP contribution in [0, 0.1) is 0 Å². The molecule has 3 N–H and O–H groups in total. The average Bonchev–Trinajstić information content (AvgIpc) is 3.33. The molecule has 0 unspecified atom stereocenters. The molecule has 2 aromatic heterocycles. The van der Waals surface area contributed by atoms with Gasteiger partial charge in [-0.15, -0.1) is 0 Å². The van der Waals surface area contributed by atoms with E-state index in [9.17, 15) is 13.2 Å².